The van der Waals surface area contributed by atoms with Crippen LogP contribution in [0.1, 0.15) is 38.7 Å². The fraction of sp³-hybridized carbons (Fsp3) is 0.320. The van der Waals surface area contributed by atoms with Crippen molar-refractivity contribution in [1.82, 2.24) is 15.2 Å². The first kappa shape index (κ1) is 22.3. The average Bonchev–Trinajstić information content (AvgIpc) is 3.62. The Labute approximate surface area is 200 Å². The number of amides is 2. The van der Waals surface area contributed by atoms with E-state index < -0.39 is 0 Å². The molecule has 0 spiro atoms. The Bertz CT molecular complexity index is 1240. The summed E-state index contributed by atoms with van der Waals surface area (Å²) in [6, 6.07) is 11.7. The third-order valence-electron chi connectivity index (χ3n) is 5.75. The van der Waals surface area contributed by atoms with Crippen LogP contribution in [0.3, 0.4) is 0 Å². The van der Waals surface area contributed by atoms with Crippen molar-refractivity contribution in [3.05, 3.63) is 64.5 Å². The van der Waals surface area contributed by atoms with Gasteiger partial charge in [-0.1, -0.05) is 24.3 Å². The fourth-order valence-electron chi connectivity index (χ4n) is 4.01. The summed E-state index contributed by atoms with van der Waals surface area (Å²) in [6.07, 6.45) is 1.80. The topological polar surface area (TPSA) is 80.8 Å². The number of nitrogens with zero attached hydrogens (tertiary/aromatic N) is 2. The number of para-hydroxylation sites is 1. The standard InChI is InChI=1S/C25H24FN3O4S/c1-15-28-21(23(34-15)17-5-2-3-7-19(17)26)25(31)29(16-9-10-16)12-11-27-24(30)18-6-4-8-20-22(18)33-14-13-32-20/h2-8,16H,9-14H2,1H3,(H,27,30). The lowest BCUT2D eigenvalue weighted by molar-refractivity contribution is 0.0731. The summed E-state index contributed by atoms with van der Waals surface area (Å²) in [5.41, 5.74) is 1.03. The number of ether oxygens (including phenoxy) is 2. The van der Waals surface area contributed by atoms with E-state index in [2.05, 4.69) is 10.3 Å². The van der Waals surface area contributed by atoms with E-state index in [1.165, 1.54) is 17.4 Å². The van der Waals surface area contributed by atoms with Crippen molar-refractivity contribution in [2.24, 2.45) is 0 Å². The van der Waals surface area contributed by atoms with Crippen molar-refractivity contribution >= 4 is 23.2 Å². The summed E-state index contributed by atoms with van der Waals surface area (Å²) in [7, 11) is 0. The molecule has 1 saturated carbocycles. The highest BCUT2D eigenvalue weighted by Gasteiger charge is 2.35. The zero-order valence-corrected chi connectivity index (χ0v) is 19.5. The second kappa shape index (κ2) is 9.42. The summed E-state index contributed by atoms with van der Waals surface area (Å²) in [5, 5.41) is 3.58. The quantitative estimate of drug-likeness (QED) is 0.551. The van der Waals surface area contributed by atoms with Gasteiger partial charge in [-0.05, 0) is 38.0 Å². The van der Waals surface area contributed by atoms with E-state index in [1.54, 1.807) is 48.2 Å². The largest absolute Gasteiger partial charge is 0.486 e. The Balaban J connectivity index is 1.30. The average molecular weight is 482 g/mol. The van der Waals surface area contributed by atoms with Gasteiger partial charge in [-0.15, -0.1) is 11.3 Å². The first-order valence-electron chi connectivity index (χ1n) is 11.2. The van der Waals surface area contributed by atoms with E-state index in [0.29, 0.717) is 52.3 Å². The maximum atomic E-state index is 14.5. The molecule has 5 rings (SSSR count). The molecule has 1 aliphatic carbocycles. The summed E-state index contributed by atoms with van der Waals surface area (Å²) in [5.74, 6) is 0.0696. The number of nitrogens with one attached hydrogen (secondary N) is 1. The van der Waals surface area contributed by atoms with Crippen LogP contribution in [-0.2, 0) is 0 Å². The van der Waals surface area contributed by atoms with Gasteiger partial charge in [0, 0.05) is 24.7 Å². The van der Waals surface area contributed by atoms with Crippen LogP contribution < -0.4 is 14.8 Å². The van der Waals surface area contributed by atoms with Crippen LogP contribution in [0.15, 0.2) is 42.5 Å². The molecule has 1 aliphatic heterocycles. The molecule has 2 heterocycles. The fourth-order valence-corrected chi connectivity index (χ4v) is 4.95. The van der Waals surface area contributed by atoms with Crippen LogP contribution in [-0.4, -0.2) is 54.0 Å². The highest BCUT2D eigenvalue weighted by Crippen LogP contribution is 2.36. The Morgan fingerprint density at radius 2 is 1.94 bits per heavy atom. The zero-order valence-electron chi connectivity index (χ0n) is 18.7. The van der Waals surface area contributed by atoms with Crippen molar-refractivity contribution in [3.8, 4) is 21.9 Å². The Morgan fingerprint density at radius 3 is 2.74 bits per heavy atom. The number of halogens is 1. The lowest BCUT2D eigenvalue weighted by Gasteiger charge is -2.23. The van der Waals surface area contributed by atoms with Gasteiger partial charge >= 0.3 is 0 Å². The first-order chi connectivity index (χ1) is 16.5. The molecule has 2 aromatic carbocycles. The predicted octanol–water partition coefficient (Wildman–Crippen LogP) is 4.06. The summed E-state index contributed by atoms with van der Waals surface area (Å²) >= 11 is 1.30. The molecule has 9 heteroatoms. The molecular weight excluding hydrogens is 457 g/mol. The molecule has 0 unspecified atom stereocenters. The van der Waals surface area contributed by atoms with Crippen LogP contribution in [0.4, 0.5) is 4.39 Å². The highest BCUT2D eigenvalue weighted by atomic mass is 32.1. The van der Waals surface area contributed by atoms with Gasteiger partial charge in [0.15, 0.2) is 11.5 Å². The molecule has 2 aliphatic rings. The third-order valence-corrected chi connectivity index (χ3v) is 6.76. The molecule has 2 amide bonds. The number of hydrogen-bond acceptors (Lipinski definition) is 6. The predicted molar refractivity (Wildman–Crippen MR) is 126 cm³/mol. The molecule has 1 N–H and O–H groups in total. The van der Waals surface area contributed by atoms with Gasteiger partial charge in [-0.25, -0.2) is 9.37 Å². The van der Waals surface area contributed by atoms with Crippen LogP contribution in [0, 0.1) is 12.7 Å². The lowest BCUT2D eigenvalue weighted by Crippen LogP contribution is -2.40. The smallest absolute Gasteiger partial charge is 0.274 e. The lowest BCUT2D eigenvalue weighted by atomic mass is 10.1. The molecular formula is C25H24FN3O4S. The van der Waals surface area contributed by atoms with E-state index in [1.807, 2.05) is 0 Å². The number of aryl methyl sites for hydroxylation is 1. The van der Waals surface area contributed by atoms with E-state index in [4.69, 9.17) is 9.47 Å². The third kappa shape index (κ3) is 4.48. The second-order valence-electron chi connectivity index (χ2n) is 8.21. The van der Waals surface area contributed by atoms with Crippen molar-refractivity contribution in [1.29, 1.82) is 0 Å². The van der Waals surface area contributed by atoms with Crippen molar-refractivity contribution in [2.75, 3.05) is 26.3 Å². The zero-order chi connectivity index (χ0) is 23.7. The minimum atomic E-state index is -0.386. The maximum absolute atomic E-state index is 14.5. The summed E-state index contributed by atoms with van der Waals surface area (Å²) in [4.78, 5) is 33.0. The van der Waals surface area contributed by atoms with Gasteiger partial charge in [0.25, 0.3) is 11.8 Å². The number of thiazole rings is 1. The number of fused-ring (bicyclic) bond motifs is 1. The SMILES string of the molecule is Cc1nc(C(=O)N(CCNC(=O)c2cccc3c2OCCO3)C2CC2)c(-c2ccccc2F)s1. The summed E-state index contributed by atoms with van der Waals surface area (Å²) in [6.45, 7) is 3.23. The Kier molecular flexibility index (Phi) is 6.19. The van der Waals surface area contributed by atoms with Crippen LogP contribution in [0.5, 0.6) is 11.5 Å². The molecule has 176 valence electrons. The maximum Gasteiger partial charge on any atom is 0.274 e. The summed E-state index contributed by atoms with van der Waals surface area (Å²) < 4.78 is 25.6. The molecule has 1 fully saturated rings. The number of rotatable bonds is 7. The van der Waals surface area contributed by atoms with Crippen LogP contribution >= 0.6 is 11.3 Å². The van der Waals surface area contributed by atoms with Gasteiger partial charge < -0.3 is 19.7 Å². The monoisotopic (exact) mass is 481 g/mol. The molecule has 0 atom stereocenters. The number of hydrogen-bond donors (Lipinski definition) is 1. The first-order valence-corrected chi connectivity index (χ1v) is 12.0. The van der Waals surface area contributed by atoms with Gasteiger partial charge in [-0.2, -0.15) is 0 Å². The van der Waals surface area contributed by atoms with Gasteiger partial charge in [-0.3, -0.25) is 9.59 Å². The molecule has 0 saturated heterocycles. The number of carbonyl (C=O) groups is 2. The molecule has 1 aromatic heterocycles. The van der Waals surface area contributed by atoms with Crippen molar-refractivity contribution < 1.29 is 23.5 Å². The highest BCUT2D eigenvalue weighted by molar-refractivity contribution is 7.15. The minimum absolute atomic E-state index is 0.0982. The molecule has 0 bridgehead atoms. The van der Waals surface area contributed by atoms with Crippen LogP contribution in [0.25, 0.3) is 10.4 Å². The normalized spacial score (nSPS) is 14.5. The molecule has 7 nitrogen and oxygen atoms in total. The van der Waals surface area contributed by atoms with Gasteiger partial charge in [0.1, 0.15) is 24.7 Å². The van der Waals surface area contributed by atoms with Gasteiger partial charge in [0.05, 0.1) is 15.4 Å². The Morgan fingerprint density at radius 1 is 1.15 bits per heavy atom. The molecule has 0 radical (unpaired) electrons. The van der Waals surface area contributed by atoms with Crippen molar-refractivity contribution in [3.63, 3.8) is 0 Å². The molecule has 3 aromatic rings. The Hall–Kier alpha value is -3.46. The van der Waals surface area contributed by atoms with Crippen molar-refractivity contribution in [2.45, 2.75) is 25.8 Å². The van der Waals surface area contributed by atoms with E-state index in [0.717, 1.165) is 12.8 Å². The second-order valence-corrected chi connectivity index (χ2v) is 9.41. The van der Waals surface area contributed by atoms with E-state index in [-0.39, 0.29) is 35.9 Å². The molecule has 34 heavy (non-hydrogen) atoms. The van der Waals surface area contributed by atoms with E-state index >= 15 is 0 Å². The number of carbonyl (C=O) groups excluding carboxylic acids is 2. The van der Waals surface area contributed by atoms with Crippen LogP contribution in [0.2, 0.25) is 0 Å². The number of aromatic nitrogens is 1. The van der Waals surface area contributed by atoms with Gasteiger partial charge in [0.2, 0.25) is 0 Å². The minimum Gasteiger partial charge on any atom is -0.486 e. The van der Waals surface area contributed by atoms with E-state index in [9.17, 15) is 14.0 Å². The number of benzene rings is 2.